The highest BCUT2D eigenvalue weighted by Gasteiger charge is 2.30. The summed E-state index contributed by atoms with van der Waals surface area (Å²) in [6.45, 7) is 11.3. The number of rotatable bonds is 10. The topological polar surface area (TPSA) is 102 Å². The van der Waals surface area contributed by atoms with Crippen molar-refractivity contribution in [3.8, 4) is 17.2 Å². The number of phenolic OH excluding ortho intramolecular Hbond substituents is 3. The van der Waals surface area contributed by atoms with Gasteiger partial charge in [-0.25, -0.2) is 0 Å². The first-order valence-electron chi connectivity index (χ1n) is 13.0. The van der Waals surface area contributed by atoms with Crippen LogP contribution in [0.3, 0.4) is 0 Å². The lowest BCUT2D eigenvalue weighted by molar-refractivity contribution is -0.0129. The van der Waals surface area contributed by atoms with Crippen LogP contribution in [-0.4, -0.2) is 40.5 Å². The van der Waals surface area contributed by atoms with Crippen LogP contribution in [0.25, 0.3) is 0 Å². The van der Waals surface area contributed by atoms with Gasteiger partial charge in [0, 0.05) is 25.8 Å². The van der Waals surface area contributed by atoms with Crippen LogP contribution in [0.4, 0.5) is 17.1 Å². The monoisotopic (exact) mass is 510 g/mol. The van der Waals surface area contributed by atoms with Crippen LogP contribution in [-0.2, 0) is 4.74 Å². The van der Waals surface area contributed by atoms with Gasteiger partial charge in [0.1, 0.15) is 22.9 Å². The molecule has 1 atom stereocenters. The number of ether oxygens (including phenoxy) is 1. The number of carbonyl (C=O) groups excluding carboxylic acids is 1. The van der Waals surface area contributed by atoms with Crippen molar-refractivity contribution < 1.29 is 24.9 Å². The maximum Gasteiger partial charge on any atom is 0.260 e. The van der Waals surface area contributed by atoms with Crippen LogP contribution in [0.5, 0.6) is 17.2 Å². The molecule has 4 N–H and O–H groups in total. The molecule has 0 saturated carbocycles. The smallest absolute Gasteiger partial charge is 0.260 e. The number of fused-ring (bicyclic) bond motifs is 2. The van der Waals surface area contributed by atoms with E-state index in [0.717, 1.165) is 44.1 Å². The minimum Gasteiger partial charge on any atom is -0.508 e. The molecule has 2 aromatic rings. The van der Waals surface area contributed by atoms with Crippen molar-refractivity contribution in [3.05, 3.63) is 47.5 Å². The van der Waals surface area contributed by atoms with E-state index >= 15 is 0 Å². The van der Waals surface area contributed by atoms with Gasteiger partial charge in [0.15, 0.2) is 0 Å². The average Bonchev–Trinajstić information content (AvgIpc) is 2.92. The Hall–Kier alpha value is -3.19. The summed E-state index contributed by atoms with van der Waals surface area (Å²) in [5.41, 5.74) is 2.41. The molecule has 202 valence electrons. The third-order valence-electron chi connectivity index (χ3n) is 7.16. The largest absolute Gasteiger partial charge is 0.508 e. The van der Waals surface area contributed by atoms with Crippen LogP contribution < -0.4 is 10.2 Å². The first kappa shape index (κ1) is 28.4. The van der Waals surface area contributed by atoms with Crippen molar-refractivity contribution in [2.45, 2.75) is 78.7 Å². The predicted octanol–water partition coefficient (Wildman–Crippen LogP) is 7.25. The van der Waals surface area contributed by atoms with Gasteiger partial charge in [-0.1, -0.05) is 44.9 Å². The second kappa shape index (κ2) is 11.5. The third kappa shape index (κ3) is 7.19. The van der Waals surface area contributed by atoms with Crippen molar-refractivity contribution in [2.75, 3.05) is 23.9 Å². The summed E-state index contributed by atoms with van der Waals surface area (Å²) in [6.07, 6.45) is 8.10. The highest BCUT2D eigenvalue weighted by molar-refractivity contribution is 6.15. The van der Waals surface area contributed by atoms with Crippen molar-refractivity contribution in [1.29, 1.82) is 0 Å². The van der Waals surface area contributed by atoms with Gasteiger partial charge < -0.3 is 30.3 Å². The number of allylic oxidation sites excluding steroid dienone is 1. The van der Waals surface area contributed by atoms with Gasteiger partial charge in [0.25, 0.3) is 5.91 Å². The maximum atomic E-state index is 13.5. The minimum absolute atomic E-state index is 0.0958. The Morgan fingerprint density at radius 1 is 1.00 bits per heavy atom. The maximum absolute atomic E-state index is 13.5. The summed E-state index contributed by atoms with van der Waals surface area (Å²) < 4.78 is 5.87. The summed E-state index contributed by atoms with van der Waals surface area (Å²) in [6, 6.07) is 7.35. The summed E-state index contributed by atoms with van der Waals surface area (Å²) in [7, 11) is 1.79. The van der Waals surface area contributed by atoms with Crippen molar-refractivity contribution in [2.24, 2.45) is 5.41 Å². The minimum atomic E-state index is -0.336. The standard InChI is InChI=1S/C30H42N2O5/c1-20(10-8-15-30(5,37-6)16-9-14-29(2,3)4)13-17-32-23-18-21(33)19-25(35)27(23)31-26-22(28(32)36)11-7-12-24(26)34/h7,11-13,18-19,31,33-35H,8-10,14-17H2,1-6H3/b20-13+. The molecule has 0 aromatic heterocycles. The molecule has 1 unspecified atom stereocenters. The highest BCUT2D eigenvalue weighted by Crippen LogP contribution is 2.45. The van der Waals surface area contributed by atoms with Crippen molar-refractivity contribution in [3.63, 3.8) is 0 Å². The molecule has 0 aliphatic carbocycles. The summed E-state index contributed by atoms with van der Waals surface area (Å²) in [5.74, 6) is -0.800. The Kier molecular flexibility index (Phi) is 8.80. The lowest BCUT2D eigenvalue weighted by Gasteiger charge is -2.30. The van der Waals surface area contributed by atoms with E-state index in [0.29, 0.717) is 11.1 Å². The molecule has 3 rings (SSSR count). The van der Waals surface area contributed by atoms with E-state index in [9.17, 15) is 20.1 Å². The van der Waals surface area contributed by atoms with E-state index in [-0.39, 0.29) is 52.2 Å². The fraction of sp³-hybridized carbons (Fsp3) is 0.500. The van der Waals surface area contributed by atoms with Gasteiger partial charge in [0.05, 0.1) is 22.5 Å². The van der Waals surface area contributed by atoms with Gasteiger partial charge in [-0.15, -0.1) is 0 Å². The number of phenols is 3. The van der Waals surface area contributed by atoms with E-state index in [1.807, 2.05) is 13.0 Å². The molecule has 0 saturated heterocycles. The molecule has 7 heteroatoms. The van der Waals surface area contributed by atoms with Crippen LogP contribution in [0, 0.1) is 5.41 Å². The Balaban J connectivity index is 1.73. The zero-order valence-electron chi connectivity index (χ0n) is 23.0. The predicted molar refractivity (Wildman–Crippen MR) is 149 cm³/mol. The van der Waals surface area contributed by atoms with Gasteiger partial charge in [-0.3, -0.25) is 4.79 Å². The number of benzene rings is 2. The Labute approximate surface area is 220 Å². The van der Waals surface area contributed by atoms with Gasteiger partial charge >= 0.3 is 0 Å². The number of anilines is 3. The van der Waals surface area contributed by atoms with E-state index in [4.69, 9.17) is 4.74 Å². The number of para-hydroxylation sites is 1. The quantitative estimate of drug-likeness (QED) is 0.153. The van der Waals surface area contributed by atoms with E-state index in [1.54, 1.807) is 19.2 Å². The summed E-state index contributed by atoms with van der Waals surface area (Å²) in [4.78, 5) is 15.0. The van der Waals surface area contributed by atoms with Crippen LogP contribution in [0.1, 0.15) is 83.5 Å². The molecule has 1 amide bonds. The molecule has 2 aromatic carbocycles. The van der Waals surface area contributed by atoms with Crippen LogP contribution in [0.2, 0.25) is 0 Å². The average molecular weight is 511 g/mol. The van der Waals surface area contributed by atoms with Gasteiger partial charge in [0.2, 0.25) is 0 Å². The Bertz CT molecular complexity index is 1150. The zero-order valence-corrected chi connectivity index (χ0v) is 23.0. The summed E-state index contributed by atoms with van der Waals surface area (Å²) in [5, 5.41) is 34.0. The molecule has 0 bridgehead atoms. The molecule has 0 spiro atoms. The van der Waals surface area contributed by atoms with Gasteiger partial charge in [-0.05, 0) is 63.5 Å². The Morgan fingerprint density at radius 3 is 2.38 bits per heavy atom. The van der Waals surface area contributed by atoms with E-state index in [1.165, 1.54) is 23.1 Å². The number of nitrogens with zero attached hydrogens (tertiary/aromatic N) is 1. The highest BCUT2D eigenvalue weighted by atomic mass is 16.5. The molecular formula is C30H42N2O5. The Morgan fingerprint density at radius 2 is 1.70 bits per heavy atom. The molecular weight excluding hydrogens is 468 g/mol. The molecule has 0 radical (unpaired) electrons. The van der Waals surface area contributed by atoms with E-state index < -0.39 is 0 Å². The number of carbonyl (C=O) groups is 1. The lowest BCUT2D eigenvalue weighted by atomic mass is 9.85. The fourth-order valence-electron chi connectivity index (χ4n) is 4.76. The molecule has 1 heterocycles. The number of hydrogen-bond acceptors (Lipinski definition) is 6. The van der Waals surface area contributed by atoms with Crippen LogP contribution in [0.15, 0.2) is 42.0 Å². The normalized spacial score (nSPS) is 15.5. The van der Waals surface area contributed by atoms with Crippen molar-refractivity contribution in [1.82, 2.24) is 0 Å². The number of nitrogens with one attached hydrogen (secondary N) is 1. The molecule has 37 heavy (non-hydrogen) atoms. The molecule has 0 fully saturated rings. The first-order valence-corrected chi connectivity index (χ1v) is 13.0. The van der Waals surface area contributed by atoms with Gasteiger partial charge in [-0.2, -0.15) is 0 Å². The first-order chi connectivity index (χ1) is 17.3. The summed E-state index contributed by atoms with van der Waals surface area (Å²) >= 11 is 0. The number of amides is 1. The molecule has 1 aliphatic heterocycles. The fourth-order valence-corrected chi connectivity index (χ4v) is 4.76. The number of hydrogen-bond donors (Lipinski definition) is 4. The second-order valence-corrected chi connectivity index (χ2v) is 11.6. The van der Waals surface area contributed by atoms with Crippen molar-refractivity contribution >= 4 is 23.0 Å². The van der Waals surface area contributed by atoms with E-state index in [2.05, 4.69) is 33.0 Å². The zero-order chi connectivity index (χ0) is 27.4. The number of methoxy groups -OCH3 is 1. The molecule has 1 aliphatic rings. The second-order valence-electron chi connectivity index (χ2n) is 11.6. The lowest BCUT2D eigenvalue weighted by Crippen LogP contribution is -2.30. The SMILES string of the molecule is COC(C)(CCC/C(C)=C/CN1C(=O)c2cccc(O)c2Nc2c(O)cc(O)cc21)CCCC(C)(C)C. The third-order valence-corrected chi connectivity index (χ3v) is 7.16. The van der Waals surface area contributed by atoms with Crippen LogP contribution >= 0.6 is 0 Å². The number of aromatic hydroxyl groups is 3. The molecule has 7 nitrogen and oxygen atoms in total.